The minimum Gasteiger partial charge on any atom is -0.388 e. The topological polar surface area (TPSA) is 60.5 Å². The Hall–Kier alpha value is -0.200. The van der Waals surface area contributed by atoms with Crippen molar-refractivity contribution >= 4 is 0 Å². The summed E-state index contributed by atoms with van der Waals surface area (Å²) < 4.78 is 23.7. The highest BCUT2D eigenvalue weighted by molar-refractivity contribution is 5.28. The number of fused-ring (bicyclic) bond motifs is 2. The normalized spacial score (nSPS) is 57.5. The summed E-state index contributed by atoms with van der Waals surface area (Å²) >= 11 is 0. The van der Waals surface area contributed by atoms with Crippen LogP contribution in [0.25, 0.3) is 0 Å². The largest absolute Gasteiger partial charge is 0.388 e. The highest BCUT2D eigenvalue weighted by Crippen LogP contribution is 2.68. The van der Waals surface area contributed by atoms with Gasteiger partial charge in [-0.15, -0.1) is 0 Å². The quantitative estimate of drug-likeness (QED) is 0.595. The minimum atomic E-state index is -0.756. The summed E-state index contributed by atoms with van der Waals surface area (Å²) in [6, 6.07) is 0. The van der Waals surface area contributed by atoms with E-state index in [-0.39, 0.29) is 23.7 Å². The molecule has 5 heteroatoms. The molecule has 3 saturated heterocycles. The van der Waals surface area contributed by atoms with Gasteiger partial charge in [0.15, 0.2) is 11.4 Å². The predicted molar refractivity (Wildman–Crippen MR) is 65.6 cm³/mol. The van der Waals surface area contributed by atoms with E-state index in [9.17, 15) is 5.11 Å². The van der Waals surface area contributed by atoms with Gasteiger partial charge in [-0.25, -0.2) is 0 Å². The van der Waals surface area contributed by atoms with Gasteiger partial charge in [-0.3, -0.25) is 0 Å². The van der Waals surface area contributed by atoms with E-state index in [1.807, 2.05) is 0 Å². The average molecular weight is 270 g/mol. The molecule has 1 N–H and O–H groups in total. The molecule has 0 aromatic carbocycles. The van der Waals surface area contributed by atoms with Crippen LogP contribution in [0.2, 0.25) is 0 Å². The number of ether oxygens (including phenoxy) is 4. The van der Waals surface area contributed by atoms with Crippen molar-refractivity contribution in [3.05, 3.63) is 0 Å². The van der Waals surface area contributed by atoms with Crippen LogP contribution >= 0.6 is 0 Å². The Morgan fingerprint density at radius 3 is 2.63 bits per heavy atom. The molecule has 3 aliphatic heterocycles. The number of hydrogen-bond acceptors (Lipinski definition) is 5. The average Bonchev–Trinajstić information content (AvgIpc) is 3.14. The number of aliphatic hydroxyl groups excluding tert-OH is 1. The van der Waals surface area contributed by atoms with E-state index in [4.69, 9.17) is 18.9 Å². The van der Waals surface area contributed by atoms with Crippen molar-refractivity contribution in [2.75, 3.05) is 14.2 Å². The van der Waals surface area contributed by atoms with E-state index in [1.165, 1.54) is 0 Å². The van der Waals surface area contributed by atoms with Gasteiger partial charge in [-0.2, -0.15) is 0 Å². The first-order chi connectivity index (χ1) is 9.03. The molecule has 0 unspecified atom stereocenters. The fraction of sp³-hybridized carbons (Fsp3) is 1.00. The van der Waals surface area contributed by atoms with Crippen molar-refractivity contribution in [2.45, 2.75) is 68.4 Å². The van der Waals surface area contributed by atoms with E-state index >= 15 is 0 Å². The molecule has 5 nitrogen and oxygen atoms in total. The lowest BCUT2D eigenvalue weighted by atomic mass is 9.59. The summed E-state index contributed by atoms with van der Waals surface area (Å²) in [4.78, 5) is 0. The number of hydrogen-bond donors (Lipinski definition) is 1. The van der Waals surface area contributed by atoms with E-state index < -0.39 is 17.5 Å². The van der Waals surface area contributed by atoms with Gasteiger partial charge >= 0.3 is 0 Å². The third kappa shape index (κ3) is 1.16. The number of aliphatic hydroxyl groups is 1. The predicted octanol–water partition coefficient (Wildman–Crippen LogP) is 0.835. The second-order valence-corrected chi connectivity index (χ2v) is 6.68. The molecule has 0 aromatic heterocycles. The molecule has 4 fully saturated rings. The Morgan fingerprint density at radius 1 is 1.21 bits per heavy atom. The monoisotopic (exact) mass is 270 g/mol. The molecule has 1 saturated carbocycles. The zero-order valence-electron chi connectivity index (χ0n) is 11.7. The second-order valence-electron chi connectivity index (χ2n) is 6.68. The fourth-order valence-electron chi connectivity index (χ4n) is 5.08. The zero-order valence-corrected chi connectivity index (χ0v) is 11.7. The maximum absolute atomic E-state index is 10.2. The summed E-state index contributed by atoms with van der Waals surface area (Å²) in [7, 11) is 3.37. The Kier molecular flexibility index (Phi) is 2.32. The molecule has 4 aliphatic rings. The van der Waals surface area contributed by atoms with Crippen LogP contribution < -0.4 is 0 Å². The van der Waals surface area contributed by atoms with Crippen LogP contribution in [0, 0.1) is 5.41 Å². The van der Waals surface area contributed by atoms with E-state index in [1.54, 1.807) is 14.2 Å². The molecule has 19 heavy (non-hydrogen) atoms. The zero-order chi connectivity index (χ0) is 13.5. The van der Waals surface area contributed by atoms with Gasteiger partial charge in [0, 0.05) is 26.1 Å². The van der Waals surface area contributed by atoms with E-state index in [2.05, 4.69) is 6.92 Å². The van der Waals surface area contributed by atoms with Crippen LogP contribution in [0.3, 0.4) is 0 Å². The fourth-order valence-corrected chi connectivity index (χ4v) is 5.08. The molecule has 0 amide bonds. The lowest BCUT2D eigenvalue weighted by molar-refractivity contribution is -0.355. The third-order valence-corrected chi connectivity index (χ3v) is 5.99. The standard InChI is InChI=1S/C14H22O5/c1-12-5-4-6-13(16-2,17-3)14(12)11-10(18-11)9(15)8(7-12)19-14/h8-11,15H,4-7H2,1-3H3/t8-,9-,10+,11+,12+,14-/m1/s1. The Balaban J connectivity index is 1.87. The van der Waals surface area contributed by atoms with Gasteiger partial charge in [0.05, 0.1) is 6.10 Å². The van der Waals surface area contributed by atoms with Crippen molar-refractivity contribution in [3.63, 3.8) is 0 Å². The summed E-state index contributed by atoms with van der Waals surface area (Å²) in [6.45, 7) is 2.23. The molecule has 3 heterocycles. The molecule has 0 radical (unpaired) electrons. The Morgan fingerprint density at radius 2 is 1.95 bits per heavy atom. The highest BCUT2D eigenvalue weighted by atomic mass is 16.7. The van der Waals surface area contributed by atoms with Crippen molar-refractivity contribution in [1.29, 1.82) is 0 Å². The van der Waals surface area contributed by atoms with Crippen LogP contribution in [0.4, 0.5) is 0 Å². The number of epoxide rings is 1. The SMILES string of the molecule is COC1(OC)CCC[C@@]2(C)C[C@H]3O[C@@]12[C@H]1O[C@H]1[C@@H]3O. The van der Waals surface area contributed by atoms with Gasteiger partial charge in [0.1, 0.15) is 18.3 Å². The van der Waals surface area contributed by atoms with Gasteiger partial charge in [0.2, 0.25) is 0 Å². The first-order valence-electron chi connectivity index (χ1n) is 7.15. The van der Waals surface area contributed by atoms with Crippen LogP contribution in [0.1, 0.15) is 32.6 Å². The minimum absolute atomic E-state index is 0.0567. The second kappa shape index (κ2) is 3.52. The highest BCUT2D eigenvalue weighted by Gasteiger charge is 2.82. The lowest BCUT2D eigenvalue weighted by Gasteiger charge is -2.56. The summed E-state index contributed by atoms with van der Waals surface area (Å²) in [5.41, 5.74) is -0.630. The molecule has 1 spiro atoms. The number of rotatable bonds is 2. The Bertz CT molecular complexity index is 409. The van der Waals surface area contributed by atoms with Crippen LogP contribution in [-0.4, -0.2) is 55.1 Å². The smallest absolute Gasteiger partial charge is 0.200 e. The molecular weight excluding hydrogens is 248 g/mol. The molecular formula is C14H22O5. The number of methoxy groups -OCH3 is 2. The van der Waals surface area contributed by atoms with Crippen LogP contribution in [-0.2, 0) is 18.9 Å². The maximum atomic E-state index is 10.2. The summed E-state index contributed by atoms with van der Waals surface area (Å²) in [5, 5.41) is 10.2. The molecule has 6 atom stereocenters. The Labute approximate surface area is 113 Å². The van der Waals surface area contributed by atoms with E-state index in [0.29, 0.717) is 0 Å². The lowest BCUT2D eigenvalue weighted by Crippen LogP contribution is -2.70. The van der Waals surface area contributed by atoms with Gasteiger partial charge < -0.3 is 24.1 Å². The molecule has 0 aromatic rings. The summed E-state index contributed by atoms with van der Waals surface area (Å²) in [6.07, 6.45) is 2.90. The van der Waals surface area contributed by atoms with Crippen LogP contribution in [0.15, 0.2) is 0 Å². The molecule has 108 valence electrons. The van der Waals surface area contributed by atoms with E-state index in [0.717, 1.165) is 25.7 Å². The third-order valence-electron chi connectivity index (χ3n) is 5.99. The maximum Gasteiger partial charge on any atom is 0.200 e. The van der Waals surface area contributed by atoms with Crippen LogP contribution in [0.5, 0.6) is 0 Å². The van der Waals surface area contributed by atoms with Crippen molar-refractivity contribution in [2.24, 2.45) is 5.41 Å². The van der Waals surface area contributed by atoms with Gasteiger partial charge in [-0.05, 0) is 19.3 Å². The first kappa shape index (κ1) is 12.5. The van der Waals surface area contributed by atoms with Crippen molar-refractivity contribution in [3.8, 4) is 0 Å². The summed E-state index contributed by atoms with van der Waals surface area (Å²) in [5.74, 6) is -0.756. The molecule has 2 bridgehead atoms. The molecule has 1 aliphatic carbocycles. The first-order valence-corrected chi connectivity index (χ1v) is 7.15. The van der Waals surface area contributed by atoms with Gasteiger partial charge in [0.25, 0.3) is 0 Å². The van der Waals surface area contributed by atoms with Crippen molar-refractivity contribution < 1.29 is 24.1 Å². The van der Waals surface area contributed by atoms with Crippen molar-refractivity contribution in [1.82, 2.24) is 0 Å². The van der Waals surface area contributed by atoms with Gasteiger partial charge in [-0.1, -0.05) is 6.92 Å². The molecule has 4 rings (SSSR count).